The van der Waals surface area contributed by atoms with Crippen molar-refractivity contribution in [1.82, 2.24) is 10.3 Å². The maximum Gasteiger partial charge on any atom is 0.0758 e. The van der Waals surface area contributed by atoms with Gasteiger partial charge in [-0.1, -0.05) is 40.9 Å². The topological polar surface area (TPSA) is 24.9 Å². The minimum absolute atomic E-state index is 0.635. The Morgan fingerprint density at radius 2 is 2.14 bits per heavy atom. The van der Waals surface area contributed by atoms with Gasteiger partial charge in [-0.15, -0.1) is 0 Å². The van der Waals surface area contributed by atoms with Crippen molar-refractivity contribution >= 4 is 38.6 Å². The van der Waals surface area contributed by atoms with Crippen LogP contribution in [0.5, 0.6) is 0 Å². The fourth-order valence-corrected chi connectivity index (χ4v) is 4.61. The van der Waals surface area contributed by atoms with Crippen molar-refractivity contribution < 1.29 is 0 Å². The molecule has 0 spiro atoms. The molecule has 1 aromatic carbocycles. The van der Waals surface area contributed by atoms with Crippen LogP contribution in [-0.2, 0) is 6.54 Å². The van der Waals surface area contributed by atoms with Gasteiger partial charge in [0.25, 0.3) is 0 Å². The Morgan fingerprint density at radius 3 is 3.00 bits per heavy atom. The number of aromatic nitrogens is 1. The van der Waals surface area contributed by atoms with E-state index in [0.29, 0.717) is 6.04 Å². The fourth-order valence-electron chi connectivity index (χ4n) is 3.19. The average molecular weight is 365 g/mol. The summed E-state index contributed by atoms with van der Waals surface area (Å²) in [6.45, 7) is 0.905. The van der Waals surface area contributed by atoms with E-state index >= 15 is 0 Å². The first-order chi connectivity index (χ1) is 10.3. The molecule has 1 aliphatic rings. The van der Waals surface area contributed by atoms with Gasteiger partial charge in [0.1, 0.15) is 0 Å². The highest BCUT2D eigenvalue weighted by Gasteiger charge is 2.23. The van der Waals surface area contributed by atoms with Gasteiger partial charge in [-0.2, -0.15) is 11.8 Å². The molecule has 0 bridgehead atoms. The van der Waals surface area contributed by atoms with Crippen LogP contribution < -0.4 is 5.32 Å². The summed E-state index contributed by atoms with van der Waals surface area (Å²) in [5.41, 5.74) is 2.40. The first kappa shape index (κ1) is 15.3. The van der Waals surface area contributed by atoms with Crippen molar-refractivity contribution in [3.8, 4) is 0 Å². The molecule has 1 N–H and O–H groups in total. The van der Waals surface area contributed by atoms with Crippen molar-refractivity contribution in [2.45, 2.75) is 43.5 Å². The van der Waals surface area contributed by atoms with Gasteiger partial charge in [-0.05, 0) is 36.8 Å². The van der Waals surface area contributed by atoms with E-state index in [4.69, 9.17) is 0 Å². The van der Waals surface area contributed by atoms with Gasteiger partial charge in [0, 0.05) is 33.9 Å². The second kappa shape index (κ2) is 7.12. The summed E-state index contributed by atoms with van der Waals surface area (Å²) < 4.78 is 1.12. The smallest absolute Gasteiger partial charge is 0.0758 e. The van der Waals surface area contributed by atoms with Crippen LogP contribution in [0.15, 0.2) is 34.9 Å². The van der Waals surface area contributed by atoms with Crippen molar-refractivity contribution in [3.63, 3.8) is 0 Å². The summed E-state index contributed by atoms with van der Waals surface area (Å²) in [5, 5.41) is 5.73. The number of hydrogen-bond donors (Lipinski definition) is 1. The molecule has 4 heteroatoms. The first-order valence-electron chi connectivity index (χ1n) is 7.58. The number of benzene rings is 1. The third-order valence-electron chi connectivity index (χ3n) is 4.36. The second-order valence-electron chi connectivity index (χ2n) is 5.65. The molecule has 0 saturated heterocycles. The van der Waals surface area contributed by atoms with Gasteiger partial charge in [0.15, 0.2) is 0 Å². The molecule has 1 aromatic heterocycles. The predicted octanol–water partition coefficient (Wildman–Crippen LogP) is 4.76. The molecule has 3 rings (SSSR count). The lowest BCUT2D eigenvalue weighted by Crippen LogP contribution is -2.40. The molecule has 1 fully saturated rings. The molecule has 2 aromatic rings. The third-order valence-corrected chi connectivity index (χ3v) is 6.22. The SMILES string of the molecule is CSC1CCCCC1NCc1ccc(Br)c2cccnc12. The van der Waals surface area contributed by atoms with Gasteiger partial charge < -0.3 is 5.32 Å². The summed E-state index contributed by atoms with van der Waals surface area (Å²) >= 11 is 5.63. The molecular formula is C17H21BrN2S. The quantitative estimate of drug-likeness (QED) is 0.846. The van der Waals surface area contributed by atoms with Crippen LogP contribution in [0.4, 0.5) is 0 Å². The highest BCUT2D eigenvalue weighted by Crippen LogP contribution is 2.28. The summed E-state index contributed by atoms with van der Waals surface area (Å²) in [6, 6.07) is 9.07. The Kier molecular flexibility index (Phi) is 5.19. The summed E-state index contributed by atoms with van der Waals surface area (Å²) in [6.07, 6.45) is 9.50. The number of nitrogens with zero attached hydrogens (tertiary/aromatic N) is 1. The van der Waals surface area contributed by atoms with Crippen molar-refractivity contribution in [3.05, 3.63) is 40.5 Å². The molecule has 112 valence electrons. The van der Waals surface area contributed by atoms with Gasteiger partial charge in [-0.3, -0.25) is 4.98 Å². The third kappa shape index (κ3) is 3.43. The summed E-state index contributed by atoms with van der Waals surface area (Å²) in [5.74, 6) is 0. The van der Waals surface area contributed by atoms with Gasteiger partial charge >= 0.3 is 0 Å². The molecule has 1 heterocycles. The molecule has 21 heavy (non-hydrogen) atoms. The molecule has 2 nitrogen and oxygen atoms in total. The van der Waals surface area contributed by atoms with E-state index in [2.05, 4.69) is 50.7 Å². The standard InChI is InChI=1S/C17H21BrN2S/c1-21-16-7-3-2-6-15(16)20-11-12-8-9-14(18)13-5-4-10-19-17(12)13/h4-5,8-10,15-16,20H,2-3,6-7,11H2,1H3. The highest BCUT2D eigenvalue weighted by molar-refractivity contribution is 9.10. The zero-order chi connectivity index (χ0) is 14.7. The van der Waals surface area contributed by atoms with Gasteiger partial charge in [0.05, 0.1) is 5.52 Å². The monoisotopic (exact) mass is 364 g/mol. The predicted molar refractivity (Wildman–Crippen MR) is 95.8 cm³/mol. The van der Waals surface area contributed by atoms with E-state index < -0.39 is 0 Å². The van der Waals surface area contributed by atoms with Crippen LogP contribution >= 0.6 is 27.7 Å². The minimum Gasteiger partial charge on any atom is -0.309 e. The molecular weight excluding hydrogens is 344 g/mol. The van der Waals surface area contributed by atoms with E-state index in [1.165, 1.54) is 36.6 Å². The number of halogens is 1. The number of thioether (sulfide) groups is 1. The van der Waals surface area contributed by atoms with Crippen LogP contribution in [0.3, 0.4) is 0 Å². The van der Waals surface area contributed by atoms with Crippen LogP contribution in [0.2, 0.25) is 0 Å². The Balaban J connectivity index is 1.77. The lowest BCUT2D eigenvalue weighted by molar-refractivity contribution is 0.383. The number of pyridine rings is 1. The molecule has 0 radical (unpaired) electrons. The molecule has 2 atom stereocenters. The Morgan fingerprint density at radius 1 is 1.29 bits per heavy atom. The van der Waals surface area contributed by atoms with Crippen molar-refractivity contribution in [2.24, 2.45) is 0 Å². The molecule has 0 amide bonds. The zero-order valence-corrected chi connectivity index (χ0v) is 14.7. The molecule has 0 aliphatic heterocycles. The number of rotatable bonds is 4. The normalized spacial score (nSPS) is 22.6. The Hall–Kier alpha value is -0.580. The van der Waals surface area contributed by atoms with Crippen LogP contribution in [0.1, 0.15) is 31.2 Å². The van der Waals surface area contributed by atoms with E-state index in [1.54, 1.807) is 0 Å². The summed E-state index contributed by atoms with van der Waals surface area (Å²) in [4.78, 5) is 4.57. The van der Waals surface area contributed by atoms with E-state index in [0.717, 1.165) is 21.8 Å². The molecule has 1 aliphatic carbocycles. The first-order valence-corrected chi connectivity index (χ1v) is 9.66. The van der Waals surface area contributed by atoms with Crippen LogP contribution in [-0.4, -0.2) is 22.5 Å². The lowest BCUT2D eigenvalue weighted by Gasteiger charge is -2.31. The van der Waals surface area contributed by atoms with Gasteiger partial charge in [0.2, 0.25) is 0 Å². The van der Waals surface area contributed by atoms with Crippen LogP contribution in [0, 0.1) is 0 Å². The molecule has 1 saturated carbocycles. The summed E-state index contributed by atoms with van der Waals surface area (Å²) in [7, 11) is 0. The maximum atomic E-state index is 4.57. The fraction of sp³-hybridized carbons (Fsp3) is 0.471. The largest absolute Gasteiger partial charge is 0.309 e. The second-order valence-corrected chi connectivity index (χ2v) is 7.58. The Labute approximate surface area is 139 Å². The van der Waals surface area contributed by atoms with E-state index in [9.17, 15) is 0 Å². The zero-order valence-electron chi connectivity index (χ0n) is 12.3. The van der Waals surface area contributed by atoms with Crippen LogP contribution in [0.25, 0.3) is 10.9 Å². The average Bonchev–Trinajstić information content (AvgIpc) is 2.55. The van der Waals surface area contributed by atoms with Crippen molar-refractivity contribution in [2.75, 3.05) is 6.26 Å². The number of nitrogens with one attached hydrogen (secondary N) is 1. The minimum atomic E-state index is 0.635. The lowest BCUT2D eigenvalue weighted by atomic mass is 9.94. The molecule has 2 unspecified atom stereocenters. The maximum absolute atomic E-state index is 4.57. The highest BCUT2D eigenvalue weighted by atomic mass is 79.9. The van der Waals surface area contributed by atoms with Crippen molar-refractivity contribution in [1.29, 1.82) is 0 Å². The van der Waals surface area contributed by atoms with E-state index in [-0.39, 0.29) is 0 Å². The Bertz CT molecular complexity index is 617. The van der Waals surface area contributed by atoms with E-state index in [1.807, 2.05) is 24.0 Å². The number of fused-ring (bicyclic) bond motifs is 1. The van der Waals surface area contributed by atoms with Gasteiger partial charge in [-0.25, -0.2) is 0 Å². The number of hydrogen-bond acceptors (Lipinski definition) is 3.